The Hall–Kier alpha value is -1.88. The van der Waals surface area contributed by atoms with Gasteiger partial charge in [0.15, 0.2) is 0 Å². The number of carbonyl (C=O) groups is 2. The Labute approximate surface area is 117 Å². The van der Waals surface area contributed by atoms with E-state index in [1.54, 1.807) is 18.2 Å². The van der Waals surface area contributed by atoms with Crippen LogP contribution in [0.5, 0.6) is 0 Å². The molecule has 0 aromatic heterocycles. The first kappa shape index (κ1) is 13.1. The number of aryl methyl sites for hydroxylation is 1. The van der Waals surface area contributed by atoms with Crippen LogP contribution in [-0.4, -0.2) is 36.1 Å². The molecule has 1 amide bonds. The third-order valence-corrected chi connectivity index (χ3v) is 4.07. The predicted octanol–water partition coefficient (Wildman–Crippen LogP) is 1.42. The Morgan fingerprint density at radius 3 is 2.85 bits per heavy atom. The van der Waals surface area contributed by atoms with Gasteiger partial charge in [0.25, 0.3) is 0 Å². The summed E-state index contributed by atoms with van der Waals surface area (Å²) < 4.78 is 0. The van der Waals surface area contributed by atoms with Crippen LogP contribution in [0.25, 0.3) is 0 Å². The fourth-order valence-corrected chi connectivity index (χ4v) is 3.04. The van der Waals surface area contributed by atoms with Gasteiger partial charge in [-0.05, 0) is 56.0 Å². The van der Waals surface area contributed by atoms with Gasteiger partial charge in [0.1, 0.15) is 0 Å². The van der Waals surface area contributed by atoms with E-state index < -0.39 is 5.97 Å². The fourth-order valence-electron chi connectivity index (χ4n) is 3.04. The molecule has 2 aliphatic heterocycles. The molecule has 0 aliphatic carbocycles. The number of hydrogen-bond donors (Lipinski definition) is 2. The normalized spacial score (nSPS) is 21.6. The molecule has 5 heteroatoms. The molecule has 0 radical (unpaired) electrons. The average molecular weight is 274 g/mol. The number of nitrogens with zero attached hydrogens (tertiary/aromatic N) is 1. The minimum absolute atomic E-state index is 0.0832. The second-order valence-corrected chi connectivity index (χ2v) is 5.39. The van der Waals surface area contributed by atoms with Crippen LogP contribution < -0.4 is 10.2 Å². The average Bonchev–Trinajstić information content (AvgIpc) is 2.99. The summed E-state index contributed by atoms with van der Waals surface area (Å²) in [5, 5.41) is 12.3. The monoisotopic (exact) mass is 274 g/mol. The van der Waals surface area contributed by atoms with Gasteiger partial charge in [-0.3, -0.25) is 4.79 Å². The van der Waals surface area contributed by atoms with Crippen LogP contribution in [0, 0.1) is 0 Å². The number of fused-ring (bicyclic) bond motifs is 1. The van der Waals surface area contributed by atoms with Gasteiger partial charge in [0.05, 0.1) is 11.6 Å². The lowest BCUT2D eigenvalue weighted by molar-refractivity contribution is -0.120. The maximum Gasteiger partial charge on any atom is 0.335 e. The van der Waals surface area contributed by atoms with E-state index in [1.807, 2.05) is 4.90 Å². The molecule has 1 saturated heterocycles. The number of hydrogen-bond acceptors (Lipinski definition) is 3. The van der Waals surface area contributed by atoms with Gasteiger partial charge < -0.3 is 15.3 Å². The quantitative estimate of drug-likeness (QED) is 0.855. The molecule has 20 heavy (non-hydrogen) atoms. The number of anilines is 1. The van der Waals surface area contributed by atoms with Gasteiger partial charge in [0, 0.05) is 12.2 Å². The van der Waals surface area contributed by atoms with Gasteiger partial charge in [-0.2, -0.15) is 0 Å². The van der Waals surface area contributed by atoms with Gasteiger partial charge in [-0.25, -0.2) is 4.79 Å². The zero-order valence-electron chi connectivity index (χ0n) is 11.3. The van der Waals surface area contributed by atoms with Gasteiger partial charge in [0.2, 0.25) is 5.91 Å². The predicted molar refractivity (Wildman–Crippen MR) is 75.1 cm³/mol. The van der Waals surface area contributed by atoms with Crippen LogP contribution in [0.1, 0.15) is 35.2 Å². The standard InChI is InChI=1S/C15H18N2O3/c18-14(12-4-1-7-16-12)17-8-2-3-10-9-11(15(19)20)5-6-13(10)17/h5-6,9,12,16H,1-4,7-8H2,(H,19,20). The molecule has 3 rings (SSSR count). The summed E-state index contributed by atoms with van der Waals surface area (Å²) in [7, 11) is 0. The molecule has 1 unspecified atom stereocenters. The van der Waals surface area contributed by atoms with Crippen molar-refractivity contribution in [1.29, 1.82) is 0 Å². The molecule has 1 fully saturated rings. The Kier molecular flexibility index (Phi) is 3.44. The molecule has 2 N–H and O–H groups in total. The Morgan fingerprint density at radius 1 is 1.30 bits per heavy atom. The highest BCUT2D eigenvalue weighted by Crippen LogP contribution is 2.29. The first-order chi connectivity index (χ1) is 9.66. The smallest absolute Gasteiger partial charge is 0.335 e. The summed E-state index contributed by atoms with van der Waals surface area (Å²) in [4.78, 5) is 25.4. The molecular weight excluding hydrogens is 256 g/mol. The molecule has 0 bridgehead atoms. The lowest BCUT2D eigenvalue weighted by atomic mass is 9.98. The van der Waals surface area contributed by atoms with Gasteiger partial charge in [-0.15, -0.1) is 0 Å². The van der Waals surface area contributed by atoms with E-state index >= 15 is 0 Å². The van der Waals surface area contributed by atoms with E-state index in [9.17, 15) is 9.59 Å². The van der Waals surface area contributed by atoms with E-state index in [0.717, 1.165) is 50.0 Å². The molecule has 2 aliphatic rings. The molecule has 2 heterocycles. The third kappa shape index (κ3) is 2.29. The van der Waals surface area contributed by atoms with Crippen molar-refractivity contribution in [3.63, 3.8) is 0 Å². The summed E-state index contributed by atoms with van der Waals surface area (Å²) in [5.74, 6) is -0.805. The van der Waals surface area contributed by atoms with Crippen LogP contribution >= 0.6 is 0 Å². The molecule has 5 nitrogen and oxygen atoms in total. The van der Waals surface area contributed by atoms with Gasteiger partial charge in [-0.1, -0.05) is 0 Å². The Bertz CT molecular complexity index is 550. The van der Waals surface area contributed by atoms with E-state index in [2.05, 4.69) is 5.32 Å². The highest BCUT2D eigenvalue weighted by Gasteiger charge is 2.30. The number of rotatable bonds is 2. The van der Waals surface area contributed by atoms with Crippen LogP contribution in [0.3, 0.4) is 0 Å². The van der Waals surface area contributed by atoms with Crippen molar-refractivity contribution in [3.05, 3.63) is 29.3 Å². The number of benzene rings is 1. The number of carbonyl (C=O) groups excluding carboxylic acids is 1. The maximum atomic E-state index is 12.5. The fraction of sp³-hybridized carbons (Fsp3) is 0.467. The minimum atomic E-state index is -0.922. The van der Waals surface area contributed by atoms with Gasteiger partial charge >= 0.3 is 5.97 Å². The highest BCUT2D eigenvalue weighted by molar-refractivity contribution is 5.99. The van der Waals surface area contributed by atoms with Crippen molar-refractivity contribution in [3.8, 4) is 0 Å². The molecule has 0 spiro atoms. The first-order valence-electron chi connectivity index (χ1n) is 7.08. The van der Waals surface area contributed by atoms with Crippen molar-refractivity contribution in [2.24, 2.45) is 0 Å². The molecule has 0 saturated carbocycles. The zero-order valence-corrected chi connectivity index (χ0v) is 11.3. The van der Waals surface area contributed by atoms with Crippen molar-refractivity contribution < 1.29 is 14.7 Å². The van der Waals surface area contributed by atoms with Crippen molar-refractivity contribution in [2.45, 2.75) is 31.7 Å². The summed E-state index contributed by atoms with van der Waals surface area (Å²) in [6.45, 7) is 1.62. The first-order valence-corrected chi connectivity index (χ1v) is 7.08. The number of aromatic carboxylic acids is 1. The summed E-state index contributed by atoms with van der Waals surface area (Å²) in [5.41, 5.74) is 2.12. The molecule has 1 atom stereocenters. The largest absolute Gasteiger partial charge is 0.478 e. The minimum Gasteiger partial charge on any atom is -0.478 e. The lowest BCUT2D eigenvalue weighted by Gasteiger charge is -2.31. The summed E-state index contributed by atoms with van der Waals surface area (Å²) >= 11 is 0. The summed E-state index contributed by atoms with van der Waals surface area (Å²) in [6, 6.07) is 4.96. The van der Waals surface area contributed by atoms with Crippen molar-refractivity contribution >= 4 is 17.6 Å². The van der Waals surface area contributed by atoms with E-state index in [0.29, 0.717) is 0 Å². The molecule has 106 valence electrons. The van der Waals surface area contributed by atoms with Crippen LogP contribution in [0.4, 0.5) is 5.69 Å². The van der Waals surface area contributed by atoms with E-state index in [4.69, 9.17) is 5.11 Å². The van der Waals surface area contributed by atoms with Crippen molar-refractivity contribution in [1.82, 2.24) is 5.32 Å². The Morgan fingerprint density at radius 2 is 2.15 bits per heavy atom. The topological polar surface area (TPSA) is 69.6 Å². The summed E-state index contributed by atoms with van der Waals surface area (Å²) in [6.07, 6.45) is 3.64. The van der Waals surface area contributed by atoms with Crippen LogP contribution in [0.15, 0.2) is 18.2 Å². The SMILES string of the molecule is O=C(O)c1ccc2c(c1)CCCN2C(=O)C1CCCN1. The number of nitrogens with one attached hydrogen (secondary N) is 1. The molecular formula is C15H18N2O3. The van der Waals surface area contributed by atoms with Crippen LogP contribution in [-0.2, 0) is 11.2 Å². The zero-order chi connectivity index (χ0) is 14.1. The Balaban J connectivity index is 1.89. The lowest BCUT2D eigenvalue weighted by Crippen LogP contribution is -2.45. The number of carboxylic acids is 1. The molecule has 1 aromatic carbocycles. The third-order valence-electron chi connectivity index (χ3n) is 4.07. The van der Waals surface area contributed by atoms with E-state index in [-0.39, 0.29) is 17.5 Å². The van der Waals surface area contributed by atoms with E-state index in [1.165, 1.54) is 0 Å². The highest BCUT2D eigenvalue weighted by atomic mass is 16.4. The van der Waals surface area contributed by atoms with Crippen molar-refractivity contribution in [2.75, 3.05) is 18.0 Å². The second kappa shape index (κ2) is 5.25. The number of carboxylic acid groups (broad SMARTS) is 1. The maximum absolute atomic E-state index is 12.5. The molecule has 1 aromatic rings. The second-order valence-electron chi connectivity index (χ2n) is 5.39. The van der Waals surface area contributed by atoms with Crippen LogP contribution in [0.2, 0.25) is 0 Å². The number of amides is 1.